The maximum atomic E-state index is 13.4. The first-order chi connectivity index (χ1) is 17.8. The lowest BCUT2D eigenvalue weighted by Crippen LogP contribution is -2.19. The van der Waals surface area contributed by atoms with E-state index < -0.39 is 10.2 Å². The second kappa shape index (κ2) is 11.5. The van der Waals surface area contributed by atoms with E-state index in [-0.39, 0.29) is 17.5 Å². The summed E-state index contributed by atoms with van der Waals surface area (Å²) >= 11 is 1.35. The summed E-state index contributed by atoms with van der Waals surface area (Å²) in [6.45, 7) is 3.68. The van der Waals surface area contributed by atoms with Gasteiger partial charge in [-0.25, -0.2) is 0 Å². The predicted molar refractivity (Wildman–Crippen MR) is 147 cm³/mol. The first kappa shape index (κ1) is 25.7. The van der Waals surface area contributed by atoms with E-state index in [1.54, 1.807) is 31.2 Å². The molecule has 1 unspecified atom stereocenters. The average Bonchev–Trinajstić information content (AvgIpc) is 2.89. The molecule has 0 radical (unpaired) electrons. The Morgan fingerprint density at radius 3 is 2.24 bits per heavy atom. The molecule has 0 bridgehead atoms. The maximum absolute atomic E-state index is 13.4. The molecule has 0 aliphatic heterocycles. The highest BCUT2D eigenvalue weighted by Crippen LogP contribution is 2.37. The molecule has 0 spiro atoms. The molecule has 0 saturated heterocycles. The fourth-order valence-corrected chi connectivity index (χ4v) is 4.78. The molecule has 7 nitrogen and oxygen atoms in total. The van der Waals surface area contributed by atoms with E-state index in [1.165, 1.54) is 23.9 Å². The highest BCUT2D eigenvalue weighted by molar-refractivity contribution is 8.00. The molecule has 0 saturated carbocycles. The molecule has 0 aliphatic carbocycles. The lowest BCUT2D eigenvalue weighted by molar-refractivity contribution is -0.384. The van der Waals surface area contributed by atoms with Gasteiger partial charge in [0.2, 0.25) is 5.91 Å². The molecule has 1 atom stereocenters. The number of amides is 2. The number of nitro benzene ring substituents is 1. The van der Waals surface area contributed by atoms with Gasteiger partial charge < -0.3 is 10.6 Å². The lowest BCUT2D eigenvalue weighted by Gasteiger charge is -2.18. The van der Waals surface area contributed by atoms with E-state index in [0.29, 0.717) is 22.5 Å². The fourth-order valence-electron chi connectivity index (χ4n) is 3.69. The Morgan fingerprint density at radius 1 is 0.838 bits per heavy atom. The molecule has 2 N–H and O–H groups in total. The van der Waals surface area contributed by atoms with Gasteiger partial charge in [0, 0.05) is 34.0 Å². The number of nitrogens with one attached hydrogen (secondary N) is 2. The van der Waals surface area contributed by atoms with Gasteiger partial charge in [-0.3, -0.25) is 19.7 Å². The van der Waals surface area contributed by atoms with Crippen molar-refractivity contribution in [3.05, 3.63) is 129 Å². The topological polar surface area (TPSA) is 101 Å². The van der Waals surface area contributed by atoms with Gasteiger partial charge in [0.1, 0.15) is 5.25 Å². The molecule has 4 rings (SSSR count). The molecular weight excluding hydrogens is 486 g/mol. The van der Waals surface area contributed by atoms with Crippen molar-refractivity contribution in [2.45, 2.75) is 24.0 Å². The van der Waals surface area contributed by atoms with Crippen molar-refractivity contribution in [1.82, 2.24) is 0 Å². The number of rotatable bonds is 8. The second-order valence-electron chi connectivity index (χ2n) is 8.50. The highest BCUT2D eigenvalue weighted by atomic mass is 32.2. The van der Waals surface area contributed by atoms with Crippen molar-refractivity contribution in [2.24, 2.45) is 0 Å². The van der Waals surface area contributed by atoms with Crippen molar-refractivity contribution in [3.63, 3.8) is 0 Å². The minimum Gasteiger partial charge on any atom is -0.325 e. The highest BCUT2D eigenvalue weighted by Gasteiger charge is 2.23. The van der Waals surface area contributed by atoms with Crippen LogP contribution in [0.5, 0.6) is 0 Å². The number of non-ortho nitro benzene ring substituents is 1. The number of carbonyl (C=O) groups is 2. The third kappa shape index (κ3) is 6.62. The van der Waals surface area contributed by atoms with Crippen molar-refractivity contribution in [3.8, 4) is 0 Å². The quantitative estimate of drug-likeness (QED) is 0.152. The van der Waals surface area contributed by atoms with E-state index >= 15 is 0 Å². The number of thioether (sulfide) groups is 1. The second-order valence-corrected chi connectivity index (χ2v) is 9.68. The zero-order valence-corrected chi connectivity index (χ0v) is 21.1. The number of nitro groups is 1. The van der Waals surface area contributed by atoms with E-state index in [9.17, 15) is 19.7 Å². The maximum Gasteiger partial charge on any atom is 0.269 e. The van der Waals surface area contributed by atoms with E-state index in [0.717, 1.165) is 16.0 Å². The van der Waals surface area contributed by atoms with Crippen LogP contribution in [-0.2, 0) is 4.79 Å². The summed E-state index contributed by atoms with van der Waals surface area (Å²) in [5, 5.41) is 16.3. The van der Waals surface area contributed by atoms with Crippen LogP contribution in [-0.4, -0.2) is 16.7 Å². The van der Waals surface area contributed by atoms with Crippen LogP contribution in [0.15, 0.2) is 102 Å². The minimum absolute atomic E-state index is 0.0333. The van der Waals surface area contributed by atoms with Gasteiger partial charge in [0.15, 0.2) is 0 Å². The SMILES string of the molecule is Cc1ccc(C(=O)Nc2cccc(SC(C(=O)Nc3ccc([N+](=O)[O-])cc3C)c3ccccc3)c2)cc1. The largest absolute Gasteiger partial charge is 0.325 e. The monoisotopic (exact) mass is 511 g/mol. The van der Waals surface area contributed by atoms with Crippen LogP contribution in [0.2, 0.25) is 0 Å². The Kier molecular flexibility index (Phi) is 8.00. The lowest BCUT2D eigenvalue weighted by atomic mass is 10.1. The third-order valence-electron chi connectivity index (χ3n) is 5.68. The van der Waals surface area contributed by atoms with Crippen LogP contribution >= 0.6 is 11.8 Å². The van der Waals surface area contributed by atoms with Crippen LogP contribution in [0.4, 0.5) is 17.1 Å². The smallest absolute Gasteiger partial charge is 0.269 e. The molecule has 0 aromatic heterocycles. The Labute approximate surface area is 219 Å². The Balaban J connectivity index is 1.55. The third-order valence-corrected chi connectivity index (χ3v) is 6.93. The molecule has 0 heterocycles. The number of aryl methyl sites for hydroxylation is 2. The van der Waals surface area contributed by atoms with Crippen molar-refractivity contribution < 1.29 is 14.5 Å². The molecule has 4 aromatic carbocycles. The Bertz CT molecular complexity index is 1440. The minimum atomic E-state index is -0.598. The first-order valence-corrected chi connectivity index (χ1v) is 12.4. The number of carbonyl (C=O) groups excluding carboxylic acids is 2. The number of nitrogens with zero attached hydrogens (tertiary/aromatic N) is 1. The summed E-state index contributed by atoms with van der Waals surface area (Å²) < 4.78 is 0. The van der Waals surface area contributed by atoms with Crippen LogP contribution < -0.4 is 10.6 Å². The fraction of sp³-hybridized carbons (Fsp3) is 0.103. The molecule has 8 heteroatoms. The zero-order valence-electron chi connectivity index (χ0n) is 20.3. The Hall–Kier alpha value is -4.43. The predicted octanol–water partition coefficient (Wildman–Crippen LogP) is 6.94. The first-order valence-electron chi connectivity index (χ1n) is 11.6. The number of benzene rings is 4. The van der Waals surface area contributed by atoms with Gasteiger partial charge in [-0.15, -0.1) is 11.8 Å². The molecule has 37 heavy (non-hydrogen) atoms. The summed E-state index contributed by atoms with van der Waals surface area (Å²) in [5.41, 5.74) is 4.13. The number of anilines is 2. The van der Waals surface area contributed by atoms with Crippen LogP contribution in [0.25, 0.3) is 0 Å². The number of hydrogen-bond donors (Lipinski definition) is 2. The zero-order chi connectivity index (χ0) is 26.4. The summed E-state index contributed by atoms with van der Waals surface area (Å²) in [6, 6.07) is 28.4. The van der Waals surface area contributed by atoms with Crippen LogP contribution in [0.3, 0.4) is 0 Å². The number of hydrogen-bond acceptors (Lipinski definition) is 5. The van der Waals surface area contributed by atoms with Gasteiger partial charge in [-0.05, 0) is 61.4 Å². The van der Waals surface area contributed by atoms with Crippen molar-refractivity contribution in [1.29, 1.82) is 0 Å². The Morgan fingerprint density at radius 2 is 1.57 bits per heavy atom. The van der Waals surface area contributed by atoms with Crippen molar-refractivity contribution in [2.75, 3.05) is 10.6 Å². The van der Waals surface area contributed by atoms with Crippen LogP contribution in [0, 0.1) is 24.0 Å². The van der Waals surface area contributed by atoms with Gasteiger partial charge in [0.25, 0.3) is 11.6 Å². The van der Waals surface area contributed by atoms with E-state index in [2.05, 4.69) is 10.6 Å². The average molecular weight is 512 g/mol. The summed E-state index contributed by atoms with van der Waals surface area (Å²) in [7, 11) is 0. The molecule has 0 fully saturated rings. The molecule has 4 aromatic rings. The van der Waals surface area contributed by atoms with Crippen molar-refractivity contribution >= 4 is 40.6 Å². The molecule has 0 aliphatic rings. The standard InChI is InChI=1S/C29H25N3O4S/c1-19-11-13-22(14-12-19)28(33)30-23-9-6-10-25(18-23)37-27(21-7-4-3-5-8-21)29(34)31-26-16-15-24(32(35)36)17-20(26)2/h3-18,27H,1-2H3,(H,30,33)(H,31,34). The summed E-state index contributed by atoms with van der Waals surface area (Å²) in [4.78, 5) is 37.5. The molecule has 186 valence electrons. The van der Waals surface area contributed by atoms with Gasteiger partial charge >= 0.3 is 0 Å². The van der Waals surface area contributed by atoms with E-state index in [1.807, 2.05) is 67.6 Å². The normalized spacial score (nSPS) is 11.4. The summed E-state index contributed by atoms with van der Waals surface area (Å²) in [5.74, 6) is -0.476. The van der Waals surface area contributed by atoms with E-state index in [4.69, 9.17) is 0 Å². The van der Waals surface area contributed by atoms with Gasteiger partial charge in [-0.1, -0.05) is 54.1 Å². The molecule has 2 amide bonds. The van der Waals surface area contributed by atoms with Crippen LogP contribution in [0.1, 0.15) is 32.3 Å². The summed E-state index contributed by atoms with van der Waals surface area (Å²) in [6.07, 6.45) is 0. The van der Waals surface area contributed by atoms with Gasteiger partial charge in [-0.2, -0.15) is 0 Å². The molecular formula is C29H25N3O4S. The van der Waals surface area contributed by atoms with Gasteiger partial charge in [0.05, 0.1) is 4.92 Å².